The van der Waals surface area contributed by atoms with E-state index >= 15 is 0 Å². The number of imide groups is 1. The maximum atomic E-state index is 13.2. The number of thiazole rings is 1. The highest BCUT2D eigenvalue weighted by atomic mass is 32.2. The molecular formula is C23H17F3N2O5S2. The second-order valence-corrected chi connectivity index (χ2v) is 9.33. The van der Waals surface area contributed by atoms with Crippen molar-refractivity contribution < 1.29 is 37.0 Å². The van der Waals surface area contributed by atoms with Gasteiger partial charge in [-0.15, -0.1) is 11.3 Å². The fourth-order valence-corrected chi connectivity index (χ4v) is 4.63. The van der Waals surface area contributed by atoms with Crippen LogP contribution in [0, 0.1) is 0 Å². The normalized spacial score (nSPS) is 16.6. The van der Waals surface area contributed by atoms with Crippen LogP contribution in [0.2, 0.25) is 0 Å². The molecule has 7 nitrogen and oxygen atoms in total. The molecular weight excluding hydrogens is 505 g/mol. The van der Waals surface area contributed by atoms with Crippen molar-refractivity contribution in [2.45, 2.75) is 24.0 Å². The number of nitrogens with one attached hydrogen (secondary N) is 1. The largest absolute Gasteiger partial charge is 0.489 e. The Balaban J connectivity index is 1.46. The lowest BCUT2D eigenvalue weighted by Crippen LogP contribution is -2.25. The number of alkyl halides is 3. The van der Waals surface area contributed by atoms with Crippen LogP contribution in [0.4, 0.5) is 18.0 Å². The Morgan fingerprint density at radius 2 is 1.91 bits per heavy atom. The van der Waals surface area contributed by atoms with Crippen molar-refractivity contribution in [2.75, 3.05) is 6.61 Å². The molecule has 2 aromatic carbocycles. The maximum Gasteiger partial charge on any atom is 0.416 e. The average molecular weight is 523 g/mol. The number of hydrogen-bond donors (Lipinski definition) is 1. The van der Waals surface area contributed by atoms with Gasteiger partial charge in [0, 0.05) is 5.38 Å². The predicted molar refractivity (Wildman–Crippen MR) is 122 cm³/mol. The minimum Gasteiger partial charge on any atom is -0.489 e. The molecule has 12 heteroatoms. The number of carbonyl (C=O) groups excluding carboxylic acids is 3. The van der Waals surface area contributed by atoms with Gasteiger partial charge in [-0.05, 0) is 41.8 Å². The molecule has 0 saturated carbocycles. The first-order chi connectivity index (χ1) is 16.7. The number of aromatic nitrogens is 1. The number of rotatable bonds is 8. The van der Waals surface area contributed by atoms with Crippen LogP contribution in [-0.2, 0) is 22.1 Å². The van der Waals surface area contributed by atoms with Gasteiger partial charge in [0.05, 0.1) is 16.3 Å². The number of amides is 2. The van der Waals surface area contributed by atoms with Crippen molar-refractivity contribution >= 4 is 40.2 Å². The van der Waals surface area contributed by atoms with Crippen LogP contribution in [0.25, 0.3) is 0 Å². The maximum absolute atomic E-state index is 13.2. The second-order valence-electron chi connectivity index (χ2n) is 7.43. The summed E-state index contributed by atoms with van der Waals surface area (Å²) in [5.74, 6) is -0.740. The average Bonchev–Trinajstić information content (AvgIpc) is 3.47. The fraction of sp³-hybridized carbons (Fsp3) is 0.217. The van der Waals surface area contributed by atoms with Gasteiger partial charge < -0.3 is 9.47 Å². The van der Waals surface area contributed by atoms with Crippen molar-refractivity contribution in [1.82, 2.24) is 10.3 Å². The van der Waals surface area contributed by atoms with Crippen molar-refractivity contribution in [1.29, 1.82) is 0 Å². The monoisotopic (exact) mass is 522 g/mol. The Bertz CT molecular complexity index is 1220. The summed E-state index contributed by atoms with van der Waals surface area (Å²) in [5.41, 5.74) is 1.53. The molecule has 2 heterocycles. The smallest absolute Gasteiger partial charge is 0.416 e. The second kappa shape index (κ2) is 10.5. The number of nitrogens with zero attached hydrogens (tertiary/aromatic N) is 1. The quantitative estimate of drug-likeness (QED) is 0.415. The van der Waals surface area contributed by atoms with Gasteiger partial charge in [0.15, 0.2) is 11.8 Å². The highest BCUT2D eigenvalue weighted by molar-refractivity contribution is 8.15. The summed E-state index contributed by atoms with van der Waals surface area (Å²) in [7, 11) is 0. The third-order valence-electron chi connectivity index (χ3n) is 4.99. The molecule has 35 heavy (non-hydrogen) atoms. The summed E-state index contributed by atoms with van der Waals surface area (Å²) in [4.78, 5) is 39.3. The topological polar surface area (TPSA) is 94.6 Å². The summed E-state index contributed by atoms with van der Waals surface area (Å²) in [6.45, 7) is -0.244. The first-order valence-corrected chi connectivity index (χ1v) is 12.0. The minimum atomic E-state index is -4.56. The third-order valence-corrected chi connectivity index (χ3v) is 6.56. The molecule has 1 saturated heterocycles. The highest BCUT2D eigenvalue weighted by Gasteiger charge is 2.32. The van der Waals surface area contributed by atoms with Gasteiger partial charge in [-0.1, -0.05) is 36.0 Å². The number of ether oxygens (including phenoxy) is 2. The number of benzene rings is 2. The van der Waals surface area contributed by atoms with Crippen LogP contribution < -0.4 is 10.1 Å². The molecule has 1 N–H and O–H groups in total. The summed E-state index contributed by atoms with van der Waals surface area (Å²) >= 11 is 2.11. The zero-order valence-electron chi connectivity index (χ0n) is 17.8. The number of esters is 1. The fourth-order valence-electron chi connectivity index (χ4n) is 3.25. The van der Waals surface area contributed by atoms with E-state index in [0.29, 0.717) is 12.2 Å². The Hall–Kier alpha value is -3.38. The van der Waals surface area contributed by atoms with E-state index in [4.69, 9.17) is 9.47 Å². The molecule has 2 atom stereocenters. The molecule has 0 radical (unpaired) electrons. The van der Waals surface area contributed by atoms with Crippen LogP contribution in [0.3, 0.4) is 0 Å². The van der Waals surface area contributed by atoms with E-state index in [-0.39, 0.29) is 29.0 Å². The molecule has 1 aliphatic rings. The molecule has 4 rings (SSSR count). The van der Waals surface area contributed by atoms with Crippen LogP contribution in [-0.4, -0.2) is 34.0 Å². The molecule has 1 fully saturated rings. The van der Waals surface area contributed by atoms with Crippen molar-refractivity contribution in [3.05, 3.63) is 81.8 Å². The Morgan fingerprint density at radius 1 is 1.14 bits per heavy atom. The lowest BCUT2D eigenvalue weighted by Gasteiger charge is -2.20. The van der Waals surface area contributed by atoms with E-state index in [2.05, 4.69) is 10.3 Å². The number of halogens is 3. The molecule has 1 aromatic heterocycles. The Labute approximate surface area is 205 Å². The summed E-state index contributed by atoms with van der Waals surface area (Å²) < 4.78 is 50.8. The third kappa shape index (κ3) is 6.40. The SMILES string of the molecule is O=C1NC(=O)C(Cc2ccc(OCC(OC(=O)c3cscn3)c3cccc(C(F)(F)F)c3)cc2)S1. The first-order valence-electron chi connectivity index (χ1n) is 10.2. The van der Waals surface area contributed by atoms with E-state index in [1.165, 1.54) is 34.4 Å². The summed E-state index contributed by atoms with van der Waals surface area (Å²) in [6.07, 6.45) is -5.34. The molecule has 3 aromatic rings. The molecule has 2 unspecified atom stereocenters. The van der Waals surface area contributed by atoms with Crippen LogP contribution >= 0.6 is 23.1 Å². The van der Waals surface area contributed by atoms with Gasteiger partial charge in [0.25, 0.3) is 5.24 Å². The minimum absolute atomic E-state index is 0.0450. The van der Waals surface area contributed by atoms with Crippen molar-refractivity contribution in [3.8, 4) is 5.75 Å². The summed E-state index contributed by atoms with van der Waals surface area (Å²) in [5, 5.41) is 2.81. The lowest BCUT2D eigenvalue weighted by molar-refractivity contribution is -0.137. The van der Waals surface area contributed by atoms with Gasteiger partial charge in [-0.3, -0.25) is 14.9 Å². The van der Waals surface area contributed by atoms with Crippen molar-refractivity contribution in [2.24, 2.45) is 0 Å². The van der Waals surface area contributed by atoms with Crippen molar-refractivity contribution in [3.63, 3.8) is 0 Å². The highest BCUT2D eigenvalue weighted by Crippen LogP contribution is 2.32. The van der Waals surface area contributed by atoms with E-state index in [9.17, 15) is 27.6 Å². The van der Waals surface area contributed by atoms with Crippen LogP contribution in [0.1, 0.15) is 33.3 Å². The molecule has 0 aliphatic carbocycles. The number of carbonyl (C=O) groups is 3. The van der Waals surface area contributed by atoms with E-state index < -0.39 is 29.1 Å². The molecule has 182 valence electrons. The van der Waals surface area contributed by atoms with Gasteiger partial charge in [0.1, 0.15) is 12.4 Å². The lowest BCUT2D eigenvalue weighted by atomic mass is 10.1. The molecule has 2 amide bonds. The van der Waals surface area contributed by atoms with E-state index in [1.54, 1.807) is 24.3 Å². The molecule has 0 bridgehead atoms. The van der Waals surface area contributed by atoms with Crippen LogP contribution in [0.15, 0.2) is 59.4 Å². The molecule has 1 aliphatic heterocycles. The first kappa shape index (κ1) is 24.7. The molecule has 0 spiro atoms. The van der Waals surface area contributed by atoms with E-state index in [1.807, 2.05) is 0 Å². The Morgan fingerprint density at radius 3 is 2.54 bits per heavy atom. The van der Waals surface area contributed by atoms with Crippen LogP contribution in [0.5, 0.6) is 5.75 Å². The van der Waals surface area contributed by atoms with Gasteiger partial charge in [0.2, 0.25) is 5.91 Å². The number of thioether (sulfide) groups is 1. The van der Waals surface area contributed by atoms with Gasteiger partial charge >= 0.3 is 12.1 Å². The van der Waals surface area contributed by atoms with Gasteiger partial charge in [-0.25, -0.2) is 9.78 Å². The predicted octanol–water partition coefficient (Wildman–Crippen LogP) is 5.03. The standard InChI is InChI=1S/C23H17F3N2O5S2/c24-23(25,26)15-3-1-2-14(9-15)18(33-21(30)17-11-34-12-27-17)10-32-16-6-4-13(5-7-16)8-19-20(29)28-22(31)35-19/h1-7,9,11-12,18-19H,8,10H2,(H,28,29,31). The zero-order valence-corrected chi connectivity index (χ0v) is 19.4. The van der Waals surface area contributed by atoms with Gasteiger partial charge in [-0.2, -0.15) is 13.2 Å². The Kier molecular flexibility index (Phi) is 7.41. The van der Waals surface area contributed by atoms with E-state index in [0.717, 1.165) is 29.5 Å². The summed E-state index contributed by atoms with van der Waals surface area (Å²) in [6, 6.07) is 11.2. The zero-order chi connectivity index (χ0) is 25.0. The number of hydrogen-bond acceptors (Lipinski definition) is 8.